The number of rotatable bonds is 2. The maximum atomic E-state index is 13.0. The van der Waals surface area contributed by atoms with Crippen molar-refractivity contribution in [1.82, 2.24) is 18.9 Å². The highest BCUT2D eigenvalue weighted by Crippen LogP contribution is 2.22. The number of nitrogens with zero attached hydrogens (tertiary/aromatic N) is 4. The number of methoxy groups -OCH3 is 1. The number of likely N-dealkylation sites (tertiary alicyclic amines) is 1. The van der Waals surface area contributed by atoms with E-state index in [-0.39, 0.29) is 23.4 Å². The molecule has 4 heterocycles. The van der Waals surface area contributed by atoms with E-state index in [9.17, 15) is 14.4 Å². The summed E-state index contributed by atoms with van der Waals surface area (Å²) in [7, 11) is 3.13. The first-order valence-electron chi connectivity index (χ1n) is 9.26. The summed E-state index contributed by atoms with van der Waals surface area (Å²) in [6.45, 7) is 2.87. The Hall–Kier alpha value is -3.16. The van der Waals surface area contributed by atoms with Crippen LogP contribution in [0.25, 0.3) is 16.7 Å². The highest BCUT2D eigenvalue weighted by Gasteiger charge is 2.30. The molecule has 1 saturated heterocycles. The molecule has 0 N–H and O–H groups in total. The largest absolute Gasteiger partial charge is 0.469 e. The zero-order chi connectivity index (χ0) is 20.0. The third-order valence-corrected chi connectivity index (χ3v) is 5.48. The maximum Gasteiger partial charge on any atom is 0.308 e. The second kappa shape index (κ2) is 6.78. The highest BCUT2D eigenvalue weighted by atomic mass is 16.5. The molecule has 28 heavy (non-hydrogen) atoms. The van der Waals surface area contributed by atoms with Gasteiger partial charge in [-0.1, -0.05) is 6.07 Å². The van der Waals surface area contributed by atoms with E-state index in [1.165, 1.54) is 11.5 Å². The maximum absolute atomic E-state index is 13.0. The minimum Gasteiger partial charge on any atom is -0.469 e. The molecule has 0 bridgehead atoms. The Balaban J connectivity index is 1.69. The Labute approximate surface area is 161 Å². The van der Waals surface area contributed by atoms with Gasteiger partial charge in [-0.15, -0.1) is 0 Å². The topological polar surface area (TPSA) is 85.9 Å². The first-order chi connectivity index (χ1) is 13.4. The second-order valence-electron chi connectivity index (χ2n) is 7.27. The van der Waals surface area contributed by atoms with Crippen LogP contribution in [0.3, 0.4) is 0 Å². The van der Waals surface area contributed by atoms with E-state index < -0.39 is 0 Å². The minimum absolute atomic E-state index is 0.159. The molecular formula is C20H22N4O4. The Morgan fingerprint density at radius 3 is 2.61 bits per heavy atom. The van der Waals surface area contributed by atoms with Gasteiger partial charge in [-0.3, -0.25) is 18.8 Å². The number of carbonyl (C=O) groups excluding carboxylic acids is 2. The Bertz CT molecular complexity index is 1150. The molecule has 8 nitrogen and oxygen atoms in total. The molecule has 3 aromatic rings. The smallest absolute Gasteiger partial charge is 0.308 e. The summed E-state index contributed by atoms with van der Waals surface area (Å²) in [5.41, 5.74) is 2.21. The fourth-order valence-corrected chi connectivity index (χ4v) is 3.83. The van der Waals surface area contributed by atoms with Gasteiger partial charge in [0, 0.05) is 26.3 Å². The van der Waals surface area contributed by atoms with Gasteiger partial charge in [0.15, 0.2) is 0 Å². The number of hydrogen-bond acceptors (Lipinski definition) is 5. The number of esters is 1. The van der Waals surface area contributed by atoms with Crippen molar-refractivity contribution in [3.63, 3.8) is 0 Å². The minimum atomic E-state index is -0.226. The van der Waals surface area contributed by atoms with Crippen molar-refractivity contribution in [1.29, 1.82) is 0 Å². The van der Waals surface area contributed by atoms with Crippen LogP contribution in [0.5, 0.6) is 0 Å². The number of ether oxygens (including phenoxy) is 1. The third kappa shape index (κ3) is 2.85. The van der Waals surface area contributed by atoms with Crippen molar-refractivity contribution in [2.45, 2.75) is 19.8 Å². The van der Waals surface area contributed by atoms with Crippen LogP contribution in [0.1, 0.15) is 28.9 Å². The molecule has 0 unspecified atom stereocenters. The molecule has 1 aliphatic heterocycles. The van der Waals surface area contributed by atoms with Gasteiger partial charge < -0.3 is 14.2 Å². The molecule has 1 fully saturated rings. The van der Waals surface area contributed by atoms with Crippen molar-refractivity contribution in [2.75, 3.05) is 20.2 Å². The lowest BCUT2D eigenvalue weighted by Crippen LogP contribution is -2.41. The second-order valence-corrected chi connectivity index (χ2v) is 7.27. The SMILES string of the molecule is COC(=O)C1CCN(C(=O)c2cc3c(=O)n4cc(C)ccc4nc3n2C)CC1. The summed E-state index contributed by atoms with van der Waals surface area (Å²) in [5.74, 6) is -0.550. The van der Waals surface area contributed by atoms with E-state index in [0.29, 0.717) is 48.3 Å². The lowest BCUT2D eigenvalue weighted by Gasteiger charge is -2.30. The number of carbonyl (C=O) groups is 2. The molecule has 0 radical (unpaired) electrons. The van der Waals surface area contributed by atoms with Crippen molar-refractivity contribution >= 4 is 28.6 Å². The van der Waals surface area contributed by atoms with Gasteiger partial charge in [-0.25, -0.2) is 4.98 Å². The van der Waals surface area contributed by atoms with E-state index in [2.05, 4.69) is 4.98 Å². The van der Waals surface area contributed by atoms with Gasteiger partial charge in [0.1, 0.15) is 17.0 Å². The Kier molecular flexibility index (Phi) is 4.41. The van der Waals surface area contributed by atoms with Crippen molar-refractivity contribution < 1.29 is 14.3 Å². The summed E-state index contributed by atoms with van der Waals surface area (Å²) >= 11 is 0. The van der Waals surface area contributed by atoms with Gasteiger partial charge in [0.2, 0.25) is 0 Å². The molecule has 1 amide bonds. The quantitative estimate of drug-likeness (QED) is 0.628. The molecule has 0 atom stereocenters. The summed E-state index contributed by atoms with van der Waals surface area (Å²) in [6, 6.07) is 5.31. The van der Waals surface area contributed by atoms with Gasteiger partial charge in [0.25, 0.3) is 11.5 Å². The first-order valence-corrected chi connectivity index (χ1v) is 9.26. The van der Waals surface area contributed by atoms with Gasteiger partial charge in [-0.2, -0.15) is 0 Å². The van der Waals surface area contributed by atoms with Gasteiger partial charge in [-0.05, 0) is 37.5 Å². The highest BCUT2D eigenvalue weighted by molar-refractivity contribution is 5.98. The standard InChI is InChI=1S/C20H22N4O4/c1-12-4-5-16-21-17-14(18(25)24(16)11-12)10-15(22(17)2)19(26)23-8-6-13(7-9-23)20(27)28-3/h4-5,10-11,13H,6-9H2,1-3H3. The molecule has 146 valence electrons. The van der Waals surface area contributed by atoms with Crippen LogP contribution < -0.4 is 5.56 Å². The van der Waals surface area contributed by atoms with Gasteiger partial charge in [0.05, 0.1) is 18.4 Å². The fourth-order valence-electron chi connectivity index (χ4n) is 3.83. The van der Waals surface area contributed by atoms with Crippen LogP contribution in [0, 0.1) is 12.8 Å². The van der Waals surface area contributed by atoms with E-state index in [1.54, 1.807) is 34.8 Å². The summed E-state index contributed by atoms with van der Waals surface area (Å²) in [6.07, 6.45) is 2.90. The van der Waals surface area contributed by atoms with Crippen LogP contribution >= 0.6 is 0 Å². The number of piperidine rings is 1. The van der Waals surface area contributed by atoms with E-state index >= 15 is 0 Å². The van der Waals surface area contributed by atoms with Gasteiger partial charge >= 0.3 is 5.97 Å². The number of pyridine rings is 1. The van der Waals surface area contributed by atoms with E-state index in [0.717, 1.165) is 5.56 Å². The third-order valence-electron chi connectivity index (χ3n) is 5.48. The molecule has 3 aromatic heterocycles. The molecule has 0 spiro atoms. The fraction of sp³-hybridized carbons (Fsp3) is 0.400. The molecule has 0 saturated carbocycles. The number of fused-ring (bicyclic) bond motifs is 2. The average Bonchev–Trinajstić information content (AvgIpc) is 3.04. The predicted octanol–water partition coefficient (Wildman–Crippen LogP) is 1.52. The summed E-state index contributed by atoms with van der Waals surface area (Å²) in [5, 5.41) is 0.415. The lowest BCUT2D eigenvalue weighted by atomic mass is 9.97. The Morgan fingerprint density at radius 2 is 1.93 bits per heavy atom. The average molecular weight is 382 g/mol. The first kappa shape index (κ1) is 18.2. The predicted molar refractivity (Wildman–Crippen MR) is 103 cm³/mol. The van der Waals surface area contributed by atoms with Crippen LogP contribution in [0.4, 0.5) is 0 Å². The van der Waals surface area contributed by atoms with Crippen LogP contribution in [0.2, 0.25) is 0 Å². The van der Waals surface area contributed by atoms with Crippen LogP contribution in [-0.4, -0.2) is 50.9 Å². The van der Waals surface area contributed by atoms with Crippen molar-refractivity contribution in [3.8, 4) is 0 Å². The van der Waals surface area contributed by atoms with Crippen LogP contribution in [0.15, 0.2) is 29.2 Å². The Morgan fingerprint density at radius 1 is 1.21 bits per heavy atom. The number of hydrogen-bond donors (Lipinski definition) is 0. The molecule has 0 aromatic carbocycles. The normalized spacial score (nSPS) is 15.3. The zero-order valence-electron chi connectivity index (χ0n) is 16.1. The van der Waals surface area contributed by atoms with E-state index in [1.807, 2.05) is 13.0 Å². The van der Waals surface area contributed by atoms with Crippen LogP contribution in [-0.2, 0) is 16.6 Å². The van der Waals surface area contributed by atoms with E-state index in [4.69, 9.17) is 4.74 Å². The summed E-state index contributed by atoms with van der Waals surface area (Å²) in [4.78, 5) is 43.9. The zero-order valence-corrected chi connectivity index (χ0v) is 16.1. The molecule has 1 aliphatic rings. The lowest BCUT2D eigenvalue weighted by molar-refractivity contribution is -0.146. The van der Waals surface area contributed by atoms with Crippen molar-refractivity contribution in [3.05, 3.63) is 46.0 Å². The number of amides is 1. The number of aromatic nitrogens is 3. The summed E-state index contributed by atoms with van der Waals surface area (Å²) < 4.78 is 7.98. The molecule has 8 heteroatoms. The molecule has 0 aliphatic carbocycles. The monoisotopic (exact) mass is 382 g/mol. The molecule has 4 rings (SSSR count). The number of aryl methyl sites for hydroxylation is 2. The van der Waals surface area contributed by atoms with Crippen molar-refractivity contribution in [2.24, 2.45) is 13.0 Å². The molecular weight excluding hydrogens is 360 g/mol.